The molecule has 1 aliphatic heterocycles. The van der Waals surface area contributed by atoms with E-state index in [1.54, 1.807) is 0 Å². The zero-order valence-corrected chi connectivity index (χ0v) is 10.8. The van der Waals surface area contributed by atoms with Gasteiger partial charge >= 0.3 is 11.9 Å². The number of esters is 2. The van der Waals surface area contributed by atoms with Gasteiger partial charge in [-0.15, -0.1) is 0 Å². The fraction of sp³-hybridized carbons (Fsp3) is 0.429. The van der Waals surface area contributed by atoms with Crippen LogP contribution in [0.4, 0.5) is 0 Å². The maximum absolute atomic E-state index is 11.6. The summed E-state index contributed by atoms with van der Waals surface area (Å²) in [5, 5.41) is 9.88. The van der Waals surface area contributed by atoms with Gasteiger partial charge in [-0.2, -0.15) is 0 Å². The first kappa shape index (κ1) is 13.4. The van der Waals surface area contributed by atoms with Gasteiger partial charge in [-0.25, -0.2) is 0 Å². The Morgan fingerprint density at radius 3 is 2.53 bits per heavy atom. The Hall–Kier alpha value is -2.04. The smallest absolute Gasteiger partial charge is 0.311 e. The van der Waals surface area contributed by atoms with Crippen LogP contribution in [0.15, 0.2) is 12.1 Å². The average molecular weight is 264 g/mol. The molecule has 5 heteroatoms. The first-order valence-corrected chi connectivity index (χ1v) is 6.38. The van der Waals surface area contributed by atoms with Gasteiger partial charge in [0.15, 0.2) is 11.5 Å². The fourth-order valence-corrected chi connectivity index (χ4v) is 1.93. The molecule has 0 aliphatic carbocycles. The Balaban J connectivity index is 2.43. The highest BCUT2D eigenvalue weighted by atomic mass is 16.6. The van der Waals surface area contributed by atoms with Crippen molar-refractivity contribution >= 4 is 11.9 Å². The molecule has 1 aromatic rings. The van der Waals surface area contributed by atoms with Crippen LogP contribution in [0, 0.1) is 0 Å². The first-order chi connectivity index (χ1) is 9.11. The number of carbonyl (C=O) groups is 2. The molecule has 1 heterocycles. The van der Waals surface area contributed by atoms with Crippen molar-refractivity contribution in [2.24, 2.45) is 0 Å². The van der Waals surface area contributed by atoms with E-state index in [0.29, 0.717) is 12.0 Å². The number of fused-ring (bicyclic) bond motifs is 1. The molecule has 0 fully saturated rings. The van der Waals surface area contributed by atoms with Crippen LogP contribution in [0.2, 0.25) is 0 Å². The standard InChI is InChI=1S/C14H16O5/c1-2-3-4-9-10(15)5-6-11-14(9)19-13(17)8-7-12(16)18-11/h5-6,15H,2-4,7-8H2,1H3. The SMILES string of the molecule is CCCCc1c(O)ccc2c1OC(=O)CCC(=O)O2. The molecular formula is C14H16O5. The lowest BCUT2D eigenvalue weighted by Crippen LogP contribution is -2.19. The quantitative estimate of drug-likeness (QED) is 0.670. The maximum atomic E-state index is 11.6. The van der Waals surface area contributed by atoms with Crippen molar-refractivity contribution in [1.82, 2.24) is 0 Å². The molecule has 102 valence electrons. The Morgan fingerprint density at radius 1 is 1.16 bits per heavy atom. The minimum absolute atomic E-state index is 0.00342. The highest BCUT2D eigenvalue weighted by Crippen LogP contribution is 2.39. The molecule has 19 heavy (non-hydrogen) atoms. The summed E-state index contributed by atoms with van der Waals surface area (Å²) in [6.45, 7) is 2.02. The van der Waals surface area contributed by atoms with E-state index in [-0.39, 0.29) is 30.1 Å². The van der Waals surface area contributed by atoms with Crippen molar-refractivity contribution in [2.45, 2.75) is 39.0 Å². The Labute approximate surface area is 111 Å². The van der Waals surface area contributed by atoms with E-state index in [1.807, 2.05) is 6.92 Å². The van der Waals surface area contributed by atoms with E-state index < -0.39 is 11.9 Å². The molecule has 0 unspecified atom stereocenters. The summed E-state index contributed by atoms with van der Waals surface area (Å²) in [5.41, 5.74) is 0.516. The van der Waals surface area contributed by atoms with E-state index in [1.165, 1.54) is 12.1 Å². The summed E-state index contributed by atoms with van der Waals surface area (Å²) in [4.78, 5) is 23.0. The van der Waals surface area contributed by atoms with E-state index in [4.69, 9.17) is 9.47 Å². The molecule has 0 aromatic heterocycles. The van der Waals surface area contributed by atoms with E-state index in [0.717, 1.165) is 12.8 Å². The lowest BCUT2D eigenvalue weighted by molar-refractivity contribution is -0.142. The summed E-state index contributed by atoms with van der Waals surface area (Å²) < 4.78 is 10.4. The number of benzene rings is 1. The van der Waals surface area contributed by atoms with Crippen molar-refractivity contribution < 1.29 is 24.2 Å². The predicted molar refractivity (Wildman–Crippen MR) is 67.2 cm³/mol. The van der Waals surface area contributed by atoms with Gasteiger partial charge in [0.25, 0.3) is 0 Å². The van der Waals surface area contributed by atoms with Crippen molar-refractivity contribution in [3.05, 3.63) is 17.7 Å². The van der Waals surface area contributed by atoms with Gasteiger partial charge in [0.2, 0.25) is 0 Å². The molecule has 0 saturated heterocycles. The third kappa shape index (κ3) is 3.05. The minimum atomic E-state index is -0.485. The zero-order chi connectivity index (χ0) is 13.8. The number of phenols is 1. The third-order valence-corrected chi connectivity index (χ3v) is 2.95. The molecule has 0 spiro atoms. The summed E-state index contributed by atoms with van der Waals surface area (Å²) in [6.07, 6.45) is 2.34. The summed E-state index contributed by atoms with van der Waals surface area (Å²) in [5.74, 6) is -0.531. The Morgan fingerprint density at radius 2 is 1.84 bits per heavy atom. The number of rotatable bonds is 3. The van der Waals surface area contributed by atoms with Crippen LogP contribution in [0.1, 0.15) is 38.2 Å². The van der Waals surface area contributed by atoms with Crippen LogP contribution >= 0.6 is 0 Å². The summed E-state index contributed by atoms with van der Waals surface area (Å²) >= 11 is 0. The fourth-order valence-electron chi connectivity index (χ4n) is 1.93. The van der Waals surface area contributed by atoms with Gasteiger partial charge < -0.3 is 14.6 Å². The molecule has 1 aromatic carbocycles. The van der Waals surface area contributed by atoms with Gasteiger partial charge in [-0.3, -0.25) is 9.59 Å². The molecule has 0 bridgehead atoms. The second-order valence-electron chi connectivity index (χ2n) is 4.44. The number of unbranched alkanes of at least 4 members (excludes halogenated alkanes) is 1. The highest BCUT2D eigenvalue weighted by Gasteiger charge is 2.23. The van der Waals surface area contributed by atoms with Crippen LogP contribution < -0.4 is 9.47 Å². The number of ether oxygens (including phenoxy) is 2. The molecule has 5 nitrogen and oxygen atoms in total. The van der Waals surface area contributed by atoms with Crippen molar-refractivity contribution in [3.8, 4) is 17.2 Å². The van der Waals surface area contributed by atoms with Crippen LogP contribution in [-0.2, 0) is 16.0 Å². The van der Waals surface area contributed by atoms with Gasteiger partial charge in [-0.05, 0) is 25.0 Å². The van der Waals surface area contributed by atoms with Crippen LogP contribution in [0.3, 0.4) is 0 Å². The molecular weight excluding hydrogens is 248 g/mol. The van der Waals surface area contributed by atoms with E-state index in [9.17, 15) is 14.7 Å². The Bertz CT molecular complexity index is 507. The molecule has 1 aliphatic rings. The molecule has 1 N–H and O–H groups in total. The number of carbonyl (C=O) groups excluding carboxylic acids is 2. The molecule has 0 saturated carbocycles. The predicted octanol–water partition coefficient (Wildman–Crippen LogP) is 2.34. The van der Waals surface area contributed by atoms with Gasteiger partial charge in [0.05, 0.1) is 12.8 Å². The van der Waals surface area contributed by atoms with Gasteiger partial charge in [0, 0.05) is 5.56 Å². The molecule has 0 atom stereocenters. The lowest BCUT2D eigenvalue weighted by atomic mass is 10.1. The number of hydrogen-bond acceptors (Lipinski definition) is 5. The highest BCUT2D eigenvalue weighted by molar-refractivity contribution is 5.83. The van der Waals surface area contributed by atoms with Crippen molar-refractivity contribution in [1.29, 1.82) is 0 Å². The molecule has 0 radical (unpaired) electrons. The second-order valence-corrected chi connectivity index (χ2v) is 4.44. The lowest BCUT2D eigenvalue weighted by Gasteiger charge is -2.17. The van der Waals surface area contributed by atoms with Crippen LogP contribution in [0.5, 0.6) is 17.2 Å². The maximum Gasteiger partial charge on any atom is 0.311 e. The van der Waals surface area contributed by atoms with Gasteiger partial charge in [-0.1, -0.05) is 13.3 Å². The first-order valence-electron chi connectivity index (χ1n) is 6.38. The van der Waals surface area contributed by atoms with Crippen molar-refractivity contribution in [3.63, 3.8) is 0 Å². The normalized spacial score (nSPS) is 15.0. The van der Waals surface area contributed by atoms with E-state index in [2.05, 4.69) is 0 Å². The summed E-state index contributed by atoms with van der Waals surface area (Å²) in [6, 6.07) is 2.89. The number of aromatic hydroxyl groups is 1. The average Bonchev–Trinajstić information content (AvgIpc) is 2.37. The summed E-state index contributed by atoms with van der Waals surface area (Å²) in [7, 11) is 0. The monoisotopic (exact) mass is 264 g/mol. The van der Waals surface area contributed by atoms with Gasteiger partial charge in [0.1, 0.15) is 5.75 Å². The largest absolute Gasteiger partial charge is 0.508 e. The second kappa shape index (κ2) is 5.73. The van der Waals surface area contributed by atoms with Crippen LogP contribution in [0.25, 0.3) is 0 Å². The van der Waals surface area contributed by atoms with E-state index >= 15 is 0 Å². The molecule has 0 amide bonds. The number of hydrogen-bond donors (Lipinski definition) is 1. The topological polar surface area (TPSA) is 72.8 Å². The zero-order valence-electron chi connectivity index (χ0n) is 10.8. The molecule has 2 rings (SSSR count). The minimum Gasteiger partial charge on any atom is -0.508 e. The number of phenolic OH excluding ortho intramolecular Hbond substituents is 1. The third-order valence-electron chi connectivity index (χ3n) is 2.95. The Kier molecular flexibility index (Phi) is 4.04. The van der Waals surface area contributed by atoms with Crippen molar-refractivity contribution in [2.75, 3.05) is 0 Å². The van der Waals surface area contributed by atoms with Crippen LogP contribution in [-0.4, -0.2) is 17.0 Å².